The number of aromatic nitrogens is 1. The fraction of sp³-hybridized carbons (Fsp3) is 0.0870. The first kappa shape index (κ1) is 15.2. The maximum Gasteiger partial charge on any atom is 0.214 e. The van der Waals surface area contributed by atoms with Crippen LogP contribution in [-0.2, 0) is 7.05 Å². The molecule has 3 aromatic carbocycles. The van der Waals surface area contributed by atoms with Crippen molar-refractivity contribution in [1.82, 2.24) is 0 Å². The fourth-order valence-electron chi connectivity index (χ4n) is 3.24. The van der Waals surface area contributed by atoms with Gasteiger partial charge in [-0.1, -0.05) is 48.2 Å². The normalized spacial score (nSPS) is 10.5. The molecule has 4 rings (SSSR count). The van der Waals surface area contributed by atoms with E-state index in [1.165, 1.54) is 11.0 Å². The van der Waals surface area contributed by atoms with E-state index in [2.05, 4.69) is 72.0 Å². The Bertz CT molecular complexity index is 1090. The van der Waals surface area contributed by atoms with Crippen LogP contribution in [0, 0.1) is 11.8 Å². The highest BCUT2D eigenvalue weighted by Crippen LogP contribution is 2.24. The third kappa shape index (κ3) is 2.60. The van der Waals surface area contributed by atoms with Gasteiger partial charge in [-0.2, -0.15) is 4.57 Å². The molecule has 0 atom stereocenters. The summed E-state index contributed by atoms with van der Waals surface area (Å²) in [5.74, 6) is 7.50. The lowest BCUT2D eigenvalue weighted by Gasteiger charge is -2.06. The van der Waals surface area contributed by atoms with Crippen LogP contribution in [0.25, 0.3) is 21.8 Å². The second kappa shape index (κ2) is 6.30. The summed E-state index contributed by atoms with van der Waals surface area (Å²) < 4.78 is 7.64. The fourth-order valence-corrected chi connectivity index (χ4v) is 3.24. The van der Waals surface area contributed by atoms with Crippen LogP contribution < -0.4 is 9.30 Å². The van der Waals surface area contributed by atoms with E-state index < -0.39 is 0 Å². The molecule has 2 heteroatoms. The number of ether oxygens (including phenoxy) is 1. The summed E-state index contributed by atoms with van der Waals surface area (Å²) in [5, 5.41) is 2.32. The number of pyridine rings is 1. The van der Waals surface area contributed by atoms with E-state index in [-0.39, 0.29) is 0 Å². The minimum atomic E-state index is 0.796. The van der Waals surface area contributed by atoms with E-state index in [9.17, 15) is 0 Å². The zero-order chi connectivity index (χ0) is 17.2. The molecule has 120 valence electrons. The van der Waals surface area contributed by atoms with Crippen LogP contribution in [0.15, 0.2) is 72.8 Å². The van der Waals surface area contributed by atoms with Gasteiger partial charge in [-0.25, -0.2) is 0 Å². The highest BCUT2D eigenvalue weighted by molar-refractivity contribution is 5.97. The molecular formula is C23H18NO+. The van der Waals surface area contributed by atoms with Crippen LogP contribution in [0.4, 0.5) is 0 Å². The number of fused-ring (bicyclic) bond motifs is 2. The summed E-state index contributed by atoms with van der Waals surface area (Å²) in [6.45, 7) is 0. The Balaban J connectivity index is 2.04. The summed E-state index contributed by atoms with van der Waals surface area (Å²) >= 11 is 0. The Morgan fingerprint density at radius 2 is 1.28 bits per heavy atom. The number of para-hydroxylation sites is 3. The van der Waals surface area contributed by atoms with Crippen molar-refractivity contribution in [3.05, 3.63) is 83.9 Å². The smallest absolute Gasteiger partial charge is 0.214 e. The third-order valence-corrected chi connectivity index (χ3v) is 4.50. The average molecular weight is 324 g/mol. The monoisotopic (exact) mass is 324 g/mol. The molecule has 1 aromatic heterocycles. The minimum Gasteiger partial charge on any atom is -0.495 e. The maximum atomic E-state index is 5.42. The molecule has 0 bridgehead atoms. The Labute approximate surface area is 147 Å². The number of methoxy groups -OCH3 is 1. The van der Waals surface area contributed by atoms with Crippen molar-refractivity contribution < 1.29 is 9.30 Å². The predicted molar refractivity (Wildman–Crippen MR) is 102 cm³/mol. The second-order valence-electron chi connectivity index (χ2n) is 5.92. The minimum absolute atomic E-state index is 0.796. The second-order valence-corrected chi connectivity index (χ2v) is 5.92. The Morgan fingerprint density at radius 3 is 1.92 bits per heavy atom. The highest BCUT2D eigenvalue weighted by atomic mass is 16.5. The first-order chi connectivity index (χ1) is 12.3. The quantitative estimate of drug-likeness (QED) is 0.290. The van der Waals surface area contributed by atoms with Crippen molar-refractivity contribution in [2.24, 2.45) is 7.05 Å². The van der Waals surface area contributed by atoms with E-state index in [4.69, 9.17) is 4.74 Å². The Kier molecular flexibility index (Phi) is 3.84. The van der Waals surface area contributed by atoms with E-state index in [1.54, 1.807) is 7.11 Å². The first-order valence-corrected chi connectivity index (χ1v) is 8.24. The van der Waals surface area contributed by atoms with Gasteiger partial charge in [-0.05, 0) is 24.3 Å². The zero-order valence-electron chi connectivity index (χ0n) is 14.3. The highest BCUT2D eigenvalue weighted by Gasteiger charge is 2.15. The lowest BCUT2D eigenvalue weighted by molar-refractivity contribution is -0.617. The van der Waals surface area contributed by atoms with Gasteiger partial charge < -0.3 is 4.74 Å². The average Bonchev–Trinajstić information content (AvgIpc) is 2.68. The predicted octanol–water partition coefficient (Wildman–Crippen LogP) is 4.23. The molecule has 0 aliphatic carbocycles. The van der Waals surface area contributed by atoms with Crippen molar-refractivity contribution in [2.75, 3.05) is 7.11 Å². The first-order valence-electron chi connectivity index (χ1n) is 8.24. The molecule has 0 aliphatic rings. The van der Waals surface area contributed by atoms with Crippen molar-refractivity contribution in [3.8, 4) is 17.6 Å². The van der Waals surface area contributed by atoms with Crippen LogP contribution in [0.3, 0.4) is 0 Å². The SMILES string of the molecule is COc1ccccc1C#Cc1c2ccccc2[n+](C)c2ccccc12. The summed E-state index contributed by atoms with van der Waals surface area (Å²) in [6.07, 6.45) is 0. The molecule has 1 heterocycles. The molecule has 25 heavy (non-hydrogen) atoms. The van der Waals surface area contributed by atoms with Crippen molar-refractivity contribution in [2.45, 2.75) is 0 Å². The molecule has 0 aliphatic heterocycles. The molecular weight excluding hydrogens is 306 g/mol. The summed E-state index contributed by atoms with van der Waals surface area (Å²) in [4.78, 5) is 0. The maximum absolute atomic E-state index is 5.42. The van der Waals surface area contributed by atoms with Gasteiger partial charge in [0.25, 0.3) is 0 Å². The topological polar surface area (TPSA) is 13.1 Å². The molecule has 0 fully saturated rings. The Hall–Kier alpha value is -3.31. The molecule has 0 unspecified atom stereocenters. The van der Waals surface area contributed by atoms with Gasteiger partial charge in [-0.3, -0.25) is 0 Å². The van der Waals surface area contributed by atoms with Gasteiger partial charge in [0.2, 0.25) is 11.0 Å². The van der Waals surface area contributed by atoms with Crippen LogP contribution in [0.5, 0.6) is 5.75 Å². The third-order valence-electron chi connectivity index (χ3n) is 4.50. The molecule has 0 radical (unpaired) electrons. The van der Waals surface area contributed by atoms with Gasteiger partial charge >= 0.3 is 0 Å². The van der Waals surface area contributed by atoms with Gasteiger partial charge in [0.05, 0.1) is 29.0 Å². The Morgan fingerprint density at radius 1 is 0.720 bits per heavy atom. The number of benzene rings is 3. The zero-order valence-corrected chi connectivity index (χ0v) is 14.3. The van der Waals surface area contributed by atoms with Gasteiger partial charge in [-0.15, -0.1) is 0 Å². The molecule has 0 amide bonds. The molecule has 4 aromatic rings. The van der Waals surface area contributed by atoms with Crippen LogP contribution >= 0.6 is 0 Å². The lowest BCUT2D eigenvalue weighted by Crippen LogP contribution is -2.30. The van der Waals surface area contributed by atoms with Crippen molar-refractivity contribution >= 4 is 21.8 Å². The van der Waals surface area contributed by atoms with Crippen LogP contribution in [-0.4, -0.2) is 7.11 Å². The van der Waals surface area contributed by atoms with E-state index in [0.717, 1.165) is 27.6 Å². The summed E-state index contributed by atoms with van der Waals surface area (Å²) in [7, 11) is 3.77. The van der Waals surface area contributed by atoms with Crippen LogP contribution in [0.1, 0.15) is 11.1 Å². The number of hydrogen-bond donors (Lipinski definition) is 0. The van der Waals surface area contributed by atoms with E-state index >= 15 is 0 Å². The summed E-state index contributed by atoms with van der Waals surface area (Å²) in [6, 6.07) is 24.6. The lowest BCUT2D eigenvalue weighted by atomic mass is 10.0. The van der Waals surface area contributed by atoms with E-state index in [0.29, 0.717) is 0 Å². The molecule has 2 nitrogen and oxygen atoms in total. The number of nitrogens with zero attached hydrogens (tertiary/aromatic N) is 1. The van der Waals surface area contributed by atoms with Gasteiger partial charge in [0.15, 0.2) is 0 Å². The van der Waals surface area contributed by atoms with Crippen molar-refractivity contribution in [3.63, 3.8) is 0 Å². The summed E-state index contributed by atoms with van der Waals surface area (Å²) in [5.41, 5.74) is 4.29. The van der Waals surface area contributed by atoms with Gasteiger partial charge in [0.1, 0.15) is 12.8 Å². The number of rotatable bonds is 1. The molecule has 0 spiro atoms. The standard InChI is InChI=1S/C23H18NO/c1-24-21-12-6-4-10-19(21)18(20-11-5-7-13-22(20)24)16-15-17-9-3-8-14-23(17)25-2/h3-14H,1-2H3/q+1. The number of aryl methyl sites for hydroxylation is 1. The van der Waals surface area contributed by atoms with Crippen molar-refractivity contribution in [1.29, 1.82) is 0 Å². The largest absolute Gasteiger partial charge is 0.495 e. The van der Waals surface area contributed by atoms with Gasteiger partial charge in [0, 0.05) is 12.1 Å². The molecule has 0 saturated heterocycles. The number of hydrogen-bond acceptors (Lipinski definition) is 1. The van der Waals surface area contributed by atoms with E-state index in [1.807, 2.05) is 24.3 Å². The molecule has 0 saturated carbocycles. The van der Waals surface area contributed by atoms with Crippen LogP contribution in [0.2, 0.25) is 0 Å². The molecule has 0 N–H and O–H groups in total.